The summed E-state index contributed by atoms with van der Waals surface area (Å²) in [4.78, 5) is 3.60. The number of hydrogen-bond acceptors (Lipinski definition) is 5. The molecular weight excluding hydrogens is 288 g/mol. The summed E-state index contributed by atoms with van der Waals surface area (Å²) in [6.07, 6.45) is 1.36. The molecule has 21 heavy (non-hydrogen) atoms. The standard InChI is InChI=1S/C14H10N4O2S/c1-18(12-6-4-11(9-15)5-7-12)21(19,20)14-3-2-8-17-13(14)10-16/h2-8H,1H3. The molecule has 0 radical (unpaired) electrons. The zero-order valence-electron chi connectivity index (χ0n) is 11.1. The molecule has 2 rings (SSSR count). The van der Waals surface area contributed by atoms with Crippen molar-refractivity contribution >= 4 is 15.7 Å². The van der Waals surface area contributed by atoms with Crippen molar-refractivity contribution < 1.29 is 8.42 Å². The third kappa shape index (κ3) is 2.69. The Kier molecular flexibility index (Phi) is 3.88. The smallest absolute Gasteiger partial charge is 0.266 e. The molecule has 0 aliphatic rings. The van der Waals surface area contributed by atoms with E-state index in [0.29, 0.717) is 11.3 Å². The van der Waals surface area contributed by atoms with Crippen LogP contribution in [0.4, 0.5) is 5.69 Å². The van der Waals surface area contributed by atoms with E-state index in [-0.39, 0.29) is 10.6 Å². The van der Waals surface area contributed by atoms with Crippen molar-refractivity contribution in [3.8, 4) is 12.1 Å². The van der Waals surface area contributed by atoms with Gasteiger partial charge in [0.25, 0.3) is 10.0 Å². The topological polar surface area (TPSA) is 97.8 Å². The number of anilines is 1. The van der Waals surface area contributed by atoms with E-state index in [1.54, 1.807) is 6.07 Å². The number of sulfonamides is 1. The molecule has 0 saturated carbocycles. The summed E-state index contributed by atoms with van der Waals surface area (Å²) >= 11 is 0. The Hall–Kier alpha value is -2.90. The Balaban J connectivity index is 2.48. The summed E-state index contributed by atoms with van der Waals surface area (Å²) in [5.41, 5.74) is 0.670. The quantitative estimate of drug-likeness (QED) is 0.858. The first-order valence-electron chi connectivity index (χ1n) is 5.85. The zero-order valence-corrected chi connectivity index (χ0v) is 11.9. The van der Waals surface area contributed by atoms with Gasteiger partial charge >= 0.3 is 0 Å². The minimum Gasteiger partial charge on any atom is -0.269 e. The number of nitrogens with zero attached hydrogens (tertiary/aromatic N) is 4. The summed E-state index contributed by atoms with van der Waals surface area (Å²) in [6.45, 7) is 0. The van der Waals surface area contributed by atoms with Crippen LogP contribution in [0.25, 0.3) is 0 Å². The average Bonchev–Trinajstić information content (AvgIpc) is 2.54. The van der Waals surface area contributed by atoms with Crippen molar-refractivity contribution in [3.63, 3.8) is 0 Å². The van der Waals surface area contributed by atoms with Crippen LogP contribution < -0.4 is 4.31 Å². The third-order valence-corrected chi connectivity index (χ3v) is 4.69. The number of nitriles is 2. The van der Waals surface area contributed by atoms with E-state index in [2.05, 4.69) is 4.98 Å². The van der Waals surface area contributed by atoms with Crippen molar-refractivity contribution in [1.82, 2.24) is 4.98 Å². The van der Waals surface area contributed by atoms with Gasteiger partial charge in [0.15, 0.2) is 5.69 Å². The van der Waals surface area contributed by atoms with E-state index in [9.17, 15) is 8.42 Å². The first-order valence-corrected chi connectivity index (χ1v) is 7.29. The second kappa shape index (κ2) is 5.61. The van der Waals surface area contributed by atoms with Gasteiger partial charge in [0.05, 0.1) is 17.3 Å². The minimum absolute atomic E-state index is 0.153. The van der Waals surface area contributed by atoms with Crippen molar-refractivity contribution in [2.24, 2.45) is 0 Å². The average molecular weight is 298 g/mol. The lowest BCUT2D eigenvalue weighted by molar-refractivity contribution is 0.593. The Bertz CT molecular complexity index is 846. The van der Waals surface area contributed by atoms with Crippen LogP contribution in [0.5, 0.6) is 0 Å². The fraction of sp³-hybridized carbons (Fsp3) is 0.0714. The monoisotopic (exact) mass is 298 g/mol. The molecule has 0 atom stereocenters. The van der Waals surface area contributed by atoms with Gasteiger partial charge in [-0.1, -0.05) is 0 Å². The third-order valence-electron chi connectivity index (χ3n) is 2.88. The Morgan fingerprint density at radius 2 is 1.76 bits per heavy atom. The highest BCUT2D eigenvalue weighted by molar-refractivity contribution is 7.92. The normalized spacial score (nSPS) is 10.4. The molecule has 6 nitrogen and oxygen atoms in total. The highest BCUT2D eigenvalue weighted by Crippen LogP contribution is 2.23. The summed E-state index contributed by atoms with van der Waals surface area (Å²) in [6, 6.07) is 12.6. The number of aromatic nitrogens is 1. The number of benzene rings is 1. The van der Waals surface area contributed by atoms with Crippen molar-refractivity contribution in [2.45, 2.75) is 4.90 Å². The molecule has 0 amide bonds. The van der Waals surface area contributed by atoms with Crippen LogP contribution in [0.1, 0.15) is 11.3 Å². The molecule has 0 saturated heterocycles. The highest BCUT2D eigenvalue weighted by atomic mass is 32.2. The highest BCUT2D eigenvalue weighted by Gasteiger charge is 2.25. The van der Waals surface area contributed by atoms with Crippen LogP contribution in [-0.4, -0.2) is 20.4 Å². The molecule has 1 aromatic heterocycles. The number of rotatable bonds is 3. The molecule has 104 valence electrons. The van der Waals surface area contributed by atoms with Crippen molar-refractivity contribution in [2.75, 3.05) is 11.4 Å². The van der Waals surface area contributed by atoms with Gasteiger partial charge in [0, 0.05) is 13.2 Å². The van der Waals surface area contributed by atoms with Crippen molar-refractivity contribution in [3.05, 3.63) is 53.9 Å². The van der Waals surface area contributed by atoms with E-state index in [1.165, 1.54) is 49.6 Å². The largest absolute Gasteiger partial charge is 0.269 e. The van der Waals surface area contributed by atoms with Crippen LogP contribution in [-0.2, 0) is 10.0 Å². The molecule has 1 aromatic carbocycles. The van der Waals surface area contributed by atoms with Crippen LogP contribution in [0, 0.1) is 22.7 Å². The Morgan fingerprint density at radius 3 is 2.33 bits per heavy atom. The molecule has 0 aliphatic carbocycles. The van der Waals surface area contributed by atoms with E-state index in [4.69, 9.17) is 10.5 Å². The van der Waals surface area contributed by atoms with Gasteiger partial charge < -0.3 is 0 Å². The SMILES string of the molecule is CN(c1ccc(C#N)cc1)S(=O)(=O)c1cccnc1C#N. The first kappa shape index (κ1) is 14.5. The molecule has 0 fully saturated rings. The molecule has 0 N–H and O–H groups in total. The zero-order chi connectivity index (χ0) is 15.5. The van der Waals surface area contributed by atoms with E-state index >= 15 is 0 Å². The van der Waals surface area contributed by atoms with Gasteiger partial charge in [-0.25, -0.2) is 13.4 Å². The molecule has 0 spiro atoms. The summed E-state index contributed by atoms with van der Waals surface area (Å²) < 4.78 is 26.1. The van der Waals surface area contributed by atoms with E-state index < -0.39 is 10.0 Å². The molecular formula is C14H10N4O2S. The Labute approximate surface area is 122 Å². The molecule has 2 aromatic rings. The lowest BCUT2D eigenvalue weighted by atomic mass is 10.2. The van der Waals surface area contributed by atoms with Crippen LogP contribution in [0.15, 0.2) is 47.5 Å². The maximum atomic E-state index is 12.5. The molecule has 0 bridgehead atoms. The maximum Gasteiger partial charge on any atom is 0.266 e. The predicted octanol–water partition coefficient (Wildman–Crippen LogP) is 1.65. The summed E-state index contributed by atoms with van der Waals surface area (Å²) in [7, 11) is -2.51. The minimum atomic E-state index is -3.89. The number of hydrogen-bond donors (Lipinski definition) is 0. The fourth-order valence-electron chi connectivity index (χ4n) is 1.71. The lowest BCUT2D eigenvalue weighted by Gasteiger charge is -2.19. The van der Waals surface area contributed by atoms with Gasteiger partial charge in [-0.05, 0) is 36.4 Å². The fourth-order valence-corrected chi connectivity index (χ4v) is 3.00. The molecule has 0 aliphatic heterocycles. The molecule has 7 heteroatoms. The lowest BCUT2D eigenvalue weighted by Crippen LogP contribution is -2.27. The molecule has 0 unspecified atom stereocenters. The van der Waals surface area contributed by atoms with Gasteiger partial charge in [0.2, 0.25) is 0 Å². The van der Waals surface area contributed by atoms with Crippen LogP contribution >= 0.6 is 0 Å². The second-order valence-electron chi connectivity index (χ2n) is 4.09. The predicted molar refractivity (Wildman–Crippen MR) is 75.7 cm³/mol. The van der Waals surface area contributed by atoms with Gasteiger partial charge in [-0.2, -0.15) is 10.5 Å². The summed E-state index contributed by atoms with van der Waals surface area (Å²) in [5.74, 6) is 0. The van der Waals surface area contributed by atoms with Crippen LogP contribution in [0.3, 0.4) is 0 Å². The number of pyridine rings is 1. The van der Waals surface area contributed by atoms with Crippen LogP contribution in [0.2, 0.25) is 0 Å². The van der Waals surface area contributed by atoms with Gasteiger partial charge in [0.1, 0.15) is 11.0 Å². The van der Waals surface area contributed by atoms with Gasteiger partial charge in [-0.15, -0.1) is 0 Å². The van der Waals surface area contributed by atoms with Gasteiger partial charge in [-0.3, -0.25) is 4.31 Å². The first-order chi connectivity index (χ1) is 10.0. The Morgan fingerprint density at radius 1 is 1.10 bits per heavy atom. The second-order valence-corrected chi connectivity index (χ2v) is 6.03. The summed E-state index contributed by atoms with van der Waals surface area (Å²) in [5, 5.41) is 17.7. The molecule has 1 heterocycles. The maximum absolute atomic E-state index is 12.5. The van der Waals surface area contributed by atoms with E-state index in [1.807, 2.05) is 6.07 Å². The van der Waals surface area contributed by atoms with E-state index in [0.717, 1.165) is 4.31 Å². The van der Waals surface area contributed by atoms with Crippen molar-refractivity contribution in [1.29, 1.82) is 10.5 Å².